The number of aryl methyl sites for hydroxylation is 1. The number of aliphatic carboxylic acids is 1. The molecule has 0 fully saturated rings. The zero-order valence-electron chi connectivity index (χ0n) is 10.7. The molecule has 1 aromatic heterocycles. The number of thiophene rings is 1. The highest BCUT2D eigenvalue weighted by Crippen LogP contribution is 2.14. The predicted molar refractivity (Wildman–Crippen MR) is 71.2 cm³/mol. The molecule has 7 heteroatoms. The summed E-state index contributed by atoms with van der Waals surface area (Å²) in [6.45, 7) is 3.32. The van der Waals surface area contributed by atoms with Crippen molar-refractivity contribution in [1.82, 2.24) is 10.6 Å². The Bertz CT molecular complexity index is 484. The van der Waals surface area contributed by atoms with Crippen molar-refractivity contribution in [3.8, 4) is 0 Å². The predicted octanol–water partition coefficient (Wildman–Crippen LogP) is 0.766. The first kappa shape index (κ1) is 15.2. The Morgan fingerprint density at radius 3 is 2.58 bits per heavy atom. The molecule has 6 nitrogen and oxygen atoms in total. The number of carbonyl (C=O) groups is 3. The van der Waals surface area contributed by atoms with E-state index in [0.717, 1.165) is 4.88 Å². The van der Waals surface area contributed by atoms with Crippen LogP contribution in [0.4, 0.5) is 0 Å². The summed E-state index contributed by atoms with van der Waals surface area (Å²) >= 11 is 1.35. The molecule has 104 valence electrons. The first-order valence-electron chi connectivity index (χ1n) is 5.74. The van der Waals surface area contributed by atoms with E-state index in [4.69, 9.17) is 5.11 Å². The fraction of sp³-hybridized carbons (Fsp3) is 0.417. The van der Waals surface area contributed by atoms with Crippen molar-refractivity contribution in [1.29, 1.82) is 0 Å². The topological polar surface area (TPSA) is 95.5 Å². The average Bonchev–Trinajstić information content (AvgIpc) is 2.71. The molecule has 0 aromatic carbocycles. The van der Waals surface area contributed by atoms with E-state index in [2.05, 4.69) is 10.6 Å². The van der Waals surface area contributed by atoms with Crippen molar-refractivity contribution < 1.29 is 19.5 Å². The van der Waals surface area contributed by atoms with Crippen molar-refractivity contribution in [2.75, 3.05) is 6.54 Å². The highest BCUT2D eigenvalue weighted by molar-refractivity contribution is 7.13. The van der Waals surface area contributed by atoms with Crippen LogP contribution < -0.4 is 10.6 Å². The van der Waals surface area contributed by atoms with Gasteiger partial charge in [-0.1, -0.05) is 0 Å². The second-order valence-electron chi connectivity index (χ2n) is 4.16. The van der Waals surface area contributed by atoms with E-state index in [1.165, 1.54) is 11.3 Å². The van der Waals surface area contributed by atoms with Gasteiger partial charge in [0.25, 0.3) is 5.91 Å². The Morgan fingerprint density at radius 1 is 1.37 bits per heavy atom. The van der Waals surface area contributed by atoms with Gasteiger partial charge in [0.1, 0.15) is 0 Å². The minimum Gasteiger partial charge on any atom is -0.481 e. The van der Waals surface area contributed by atoms with Crippen LogP contribution in [0.2, 0.25) is 0 Å². The summed E-state index contributed by atoms with van der Waals surface area (Å²) in [6.07, 6.45) is -0.149. The lowest BCUT2D eigenvalue weighted by atomic mass is 10.2. The molecule has 0 aliphatic carbocycles. The van der Waals surface area contributed by atoms with Gasteiger partial charge in [-0.05, 0) is 26.0 Å². The zero-order valence-corrected chi connectivity index (χ0v) is 11.5. The Labute approximate surface area is 114 Å². The van der Waals surface area contributed by atoms with Crippen LogP contribution >= 0.6 is 11.3 Å². The monoisotopic (exact) mass is 284 g/mol. The van der Waals surface area contributed by atoms with Crippen LogP contribution in [0.5, 0.6) is 0 Å². The lowest BCUT2D eigenvalue weighted by Gasteiger charge is -2.11. The smallest absolute Gasteiger partial charge is 0.305 e. The van der Waals surface area contributed by atoms with Crippen molar-refractivity contribution in [2.24, 2.45) is 0 Å². The Hall–Kier alpha value is -1.89. The first-order valence-corrected chi connectivity index (χ1v) is 6.56. The lowest BCUT2D eigenvalue weighted by molar-refractivity contribution is -0.137. The van der Waals surface area contributed by atoms with Gasteiger partial charge in [0.2, 0.25) is 5.91 Å². The van der Waals surface area contributed by atoms with Gasteiger partial charge < -0.3 is 15.7 Å². The molecule has 3 N–H and O–H groups in total. The van der Waals surface area contributed by atoms with Crippen LogP contribution in [-0.2, 0) is 9.59 Å². The van der Waals surface area contributed by atoms with Crippen LogP contribution in [-0.4, -0.2) is 35.5 Å². The molecule has 0 aliphatic rings. The third-order valence-corrected chi connectivity index (χ3v) is 3.26. The summed E-state index contributed by atoms with van der Waals surface area (Å²) in [6, 6.07) is 3.06. The molecule has 2 amide bonds. The maximum atomic E-state index is 11.7. The molecular weight excluding hydrogens is 268 g/mol. The van der Waals surface area contributed by atoms with Crippen LogP contribution in [0.25, 0.3) is 0 Å². The van der Waals surface area contributed by atoms with Crippen LogP contribution in [0.3, 0.4) is 0 Å². The van der Waals surface area contributed by atoms with E-state index in [1.807, 2.05) is 13.0 Å². The van der Waals surface area contributed by atoms with Crippen LogP contribution in [0.15, 0.2) is 12.1 Å². The molecule has 0 spiro atoms. The van der Waals surface area contributed by atoms with Gasteiger partial charge in [0.05, 0.1) is 17.8 Å². The van der Waals surface area contributed by atoms with Gasteiger partial charge in [-0.15, -0.1) is 11.3 Å². The molecule has 0 aliphatic heterocycles. The Balaban J connectivity index is 2.34. The Morgan fingerprint density at radius 2 is 2.05 bits per heavy atom. The van der Waals surface area contributed by atoms with E-state index in [0.29, 0.717) is 4.88 Å². The van der Waals surface area contributed by atoms with Crippen molar-refractivity contribution in [3.63, 3.8) is 0 Å². The summed E-state index contributed by atoms with van der Waals surface area (Å²) in [5, 5.41) is 13.5. The van der Waals surface area contributed by atoms with Crippen LogP contribution in [0.1, 0.15) is 27.9 Å². The van der Waals surface area contributed by atoms with Gasteiger partial charge >= 0.3 is 5.97 Å². The maximum Gasteiger partial charge on any atom is 0.305 e. The molecule has 0 saturated heterocycles. The van der Waals surface area contributed by atoms with E-state index >= 15 is 0 Å². The van der Waals surface area contributed by atoms with Gasteiger partial charge in [0.15, 0.2) is 0 Å². The molecule has 19 heavy (non-hydrogen) atoms. The molecular formula is C12H16N2O4S. The van der Waals surface area contributed by atoms with Crippen molar-refractivity contribution >= 4 is 29.1 Å². The quantitative estimate of drug-likeness (QED) is 0.719. The number of amides is 2. The fourth-order valence-corrected chi connectivity index (χ4v) is 2.23. The molecule has 1 rings (SSSR count). The Kier molecular flexibility index (Phi) is 5.50. The van der Waals surface area contributed by atoms with Gasteiger partial charge in [0, 0.05) is 10.9 Å². The van der Waals surface area contributed by atoms with E-state index < -0.39 is 17.9 Å². The lowest BCUT2D eigenvalue weighted by Crippen LogP contribution is -2.41. The van der Waals surface area contributed by atoms with E-state index in [9.17, 15) is 14.4 Å². The molecule has 1 aromatic rings. The summed E-state index contributed by atoms with van der Waals surface area (Å²) in [4.78, 5) is 35.1. The number of carbonyl (C=O) groups excluding carboxylic acids is 2. The SMILES string of the molecule is Cc1ccc(C(=O)NCC(=O)NC(C)CC(=O)O)s1. The summed E-state index contributed by atoms with van der Waals surface area (Å²) in [7, 11) is 0. The molecule has 1 heterocycles. The number of nitrogens with one attached hydrogen (secondary N) is 2. The van der Waals surface area contributed by atoms with Crippen molar-refractivity contribution in [3.05, 3.63) is 21.9 Å². The normalized spacial score (nSPS) is 11.7. The summed E-state index contributed by atoms with van der Waals surface area (Å²) in [5.74, 6) is -1.69. The number of hydrogen-bond donors (Lipinski definition) is 3. The summed E-state index contributed by atoms with van der Waals surface area (Å²) in [5.41, 5.74) is 0. The number of carboxylic acids is 1. The largest absolute Gasteiger partial charge is 0.481 e. The third kappa shape index (κ3) is 5.52. The highest BCUT2D eigenvalue weighted by atomic mass is 32.1. The standard InChI is InChI=1S/C12H16N2O4S/c1-7(5-11(16)17)14-10(15)6-13-12(18)9-4-3-8(2)19-9/h3-4,7H,5-6H2,1-2H3,(H,13,18)(H,14,15)(H,16,17). The number of hydrogen-bond acceptors (Lipinski definition) is 4. The molecule has 0 saturated carbocycles. The van der Waals surface area contributed by atoms with E-state index in [-0.39, 0.29) is 18.9 Å². The fourth-order valence-electron chi connectivity index (χ4n) is 1.44. The minimum atomic E-state index is -0.981. The maximum absolute atomic E-state index is 11.7. The van der Waals surface area contributed by atoms with Crippen molar-refractivity contribution in [2.45, 2.75) is 26.3 Å². The second-order valence-corrected chi connectivity index (χ2v) is 5.45. The third-order valence-electron chi connectivity index (χ3n) is 2.26. The summed E-state index contributed by atoms with van der Waals surface area (Å²) < 4.78 is 0. The van der Waals surface area contributed by atoms with E-state index in [1.54, 1.807) is 13.0 Å². The van der Waals surface area contributed by atoms with Gasteiger partial charge in [-0.25, -0.2) is 0 Å². The number of carboxylic acid groups (broad SMARTS) is 1. The minimum absolute atomic E-state index is 0.149. The molecule has 0 radical (unpaired) electrons. The zero-order chi connectivity index (χ0) is 14.4. The van der Waals surface area contributed by atoms with Crippen LogP contribution in [0, 0.1) is 6.92 Å². The van der Waals surface area contributed by atoms with Gasteiger partial charge in [-0.2, -0.15) is 0 Å². The average molecular weight is 284 g/mol. The molecule has 1 unspecified atom stereocenters. The first-order chi connectivity index (χ1) is 8.88. The second kappa shape index (κ2) is 6.89. The molecule has 1 atom stereocenters. The highest BCUT2D eigenvalue weighted by Gasteiger charge is 2.13. The van der Waals surface area contributed by atoms with Gasteiger partial charge in [-0.3, -0.25) is 14.4 Å². The molecule has 0 bridgehead atoms. The number of rotatable bonds is 6.